The van der Waals surface area contributed by atoms with Crippen LogP contribution in [0.5, 0.6) is 0 Å². The van der Waals surface area contributed by atoms with Gasteiger partial charge in [0.15, 0.2) is 0 Å². The third kappa shape index (κ3) is 3.41. The maximum Gasteiger partial charge on any atom is 0.332 e. The smallest absolute Gasteiger partial charge is 0.332 e. The van der Waals surface area contributed by atoms with Crippen molar-refractivity contribution in [1.82, 2.24) is 0 Å². The zero-order chi connectivity index (χ0) is 13.0. The van der Waals surface area contributed by atoms with E-state index < -0.39 is 11.9 Å². The molecular weight excluding hydrogens is 224 g/mol. The van der Waals surface area contributed by atoms with Crippen molar-refractivity contribution < 1.29 is 24.6 Å². The predicted octanol–water partition coefficient (Wildman–Crippen LogP) is 1.62. The van der Waals surface area contributed by atoms with Crippen molar-refractivity contribution in [2.75, 3.05) is 0 Å². The Morgan fingerprint density at radius 1 is 1.06 bits per heavy atom. The summed E-state index contributed by atoms with van der Waals surface area (Å²) >= 11 is 0. The van der Waals surface area contributed by atoms with E-state index in [1.54, 1.807) is 0 Å². The molecule has 0 spiro atoms. The Kier molecular flexibility index (Phi) is 4.43. The van der Waals surface area contributed by atoms with Gasteiger partial charge in [-0.15, -0.1) is 0 Å². The lowest BCUT2D eigenvalue weighted by Gasteiger charge is -2.09. The molecular formula is C12H16O5. The largest absolute Gasteiger partial charge is 0.478 e. The topological polar surface area (TPSA) is 91.7 Å². The molecule has 0 aromatic carbocycles. The Morgan fingerprint density at radius 2 is 1.59 bits per heavy atom. The minimum atomic E-state index is -1.32. The monoisotopic (exact) mass is 240 g/mol. The molecule has 0 heterocycles. The second-order valence-electron chi connectivity index (χ2n) is 4.34. The molecule has 94 valence electrons. The highest BCUT2D eigenvalue weighted by atomic mass is 16.4. The van der Waals surface area contributed by atoms with E-state index in [1.807, 2.05) is 0 Å². The van der Waals surface area contributed by atoms with E-state index in [0.29, 0.717) is 0 Å². The Bertz CT molecular complexity index is 374. The maximum atomic E-state index is 11.8. The summed E-state index contributed by atoms with van der Waals surface area (Å²) in [6.07, 6.45) is 3.27. The number of ketones is 1. The average molecular weight is 240 g/mol. The molecule has 0 radical (unpaired) electrons. The van der Waals surface area contributed by atoms with Crippen LogP contribution in [0.3, 0.4) is 0 Å². The van der Waals surface area contributed by atoms with Gasteiger partial charge in [-0.3, -0.25) is 4.79 Å². The lowest BCUT2D eigenvalue weighted by Crippen LogP contribution is -2.17. The van der Waals surface area contributed by atoms with Gasteiger partial charge in [0.05, 0.1) is 5.57 Å². The highest BCUT2D eigenvalue weighted by Gasteiger charge is 2.26. The van der Waals surface area contributed by atoms with Crippen LogP contribution in [0.2, 0.25) is 0 Å². The Hall–Kier alpha value is -1.65. The summed E-state index contributed by atoms with van der Waals surface area (Å²) in [7, 11) is 0. The van der Waals surface area contributed by atoms with Crippen LogP contribution in [-0.2, 0) is 14.4 Å². The van der Waals surface area contributed by atoms with Crippen LogP contribution < -0.4 is 0 Å². The van der Waals surface area contributed by atoms with Crippen molar-refractivity contribution in [3.63, 3.8) is 0 Å². The molecule has 0 bridgehead atoms. The number of carboxylic acids is 2. The summed E-state index contributed by atoms with van der Waals surface area (Å²) in [4.78, 5) is 33.4. The summed E-state index contributed by atoms with van der Waals surface area (Å²) < 4.78 is 0. The number of rotatable bonds is 5. The number of aliphatic carboxylic acids is 2. The maximum absolute atomic E-state index is 11.8. The summed E-state index contributed by atoms with van der Waals surface area (Å²) in [6.45, 7) is 1.22. The van der Waals surface area contributed by atoms with Crippen LogP contribution in [0, 0.1) is 5.92 Å². The summed E-state index contributed by atoms with van der Waals surface area (Å²) in [5.41, 5.74) is -0.557. The van der Waals surface area contributed by atoms with Crippen molar-refractivity contribution in [2.45, 2.75) is 39.0 Å². The molecule has 1 rings (SSSR count). The van der Waals surface area contributed by atoms with E-state index in [2.05, 4.69) is 0 Å². The number of carboxylic acid groups (broad SMARTS) is 2. The zero-order valence-corrected chi connectivity index (χ0v) is 9.73. The lowest BCUT2D eigenvalue weighted by molar-refractivity contribution is -0.136. The van der Waals surface area contributed by atoms with E-state index in [0.717, 1.165) is 25.7 Å². The molecule has 0 aliphatic heterocycles. The molecule has 0 aromatic rings. The van der Waals surface area contributed by atoms with Gasteiger partial charge in [0.2, 0.25) is 0 Å². The molecule has 1 saturated carbocycles. The van der Waals surface area contributed by atoms with Gasteiger partial charge >= 0.3 is 11.9 Å². The second-order valence-corrected chi connectivity index (χ2v) is 4.34. The molecule has 0 amide bonds. The number of carbonyl (C=O) groups is 3. The number of hydrogen-bond donors (Lipinski definition) is 2. The van der Waals surface area contributed by atoms with Crippen LogP contribution in [-0.4, -0.2) is 27.9 Å². The average Bonchev–Trinajstić information content (AvgIpc) is 2.77. The molecule has 5 heteroatoms. The van der Waals surface area contributed by atoms with Gasteiger partial charge in [0.25, 0.3) is 0 Å². The number of carbonyl (C=O) groups excluding carboxylic acids is 1. The van der Waals surface area contributed by atoms with Crippen LogP contribution in [0.1, 0.15) is 39.0 Å². The molecule has 0 aromatic heterocycles. The lowest BCUT2D eigenvalue weighted by atomic mass is 9.94. The Balaban J connectivity index is 2.81. The SMILES string of the molecule is C/C(C(=O)O)=C(/CC(=O)C1CCCC1)C(=O)O. The third-order valence-electron chi connectivity index (χ3n) is 3.19. The van der Waals surface area contributed by atoms with E-state index in [9.17, 15) is 14.4 Å². The van der Waals surface area contributed by atoms with Gasteiger partial charge in [-0.25, -0.2) is 9.59 Å². The van der Waals surface area contributed by atoms with Gasteiger partial charge in [-0.2, -0.15) is 0 Å². The minimum Gasteiger partial charge on any atom is -0.478 e. The van der Waals surface area contributed by atoms with Crippen molar-refractivity contribution in [1.29, 1.82) is 0 Å². The van der Waals surface area contributed by atoms with E-state index in [1.165, 1.54) is 6.92 Å². The van der Waals surface area contributed by atoms with Crippen molar-refractivity contribution in [2.24, 2.45) is 5.92 Å². The summed E-state index contributed by atoms with van der Waals surface area (Å²) in [6, 6.07) is 0. The minimum absolute atomic E-state index is 0.0917. The second kappa shape index (κ2) is 5.61. The predicted molar refractivity (Wildman–Crippen MR) is 59.6 cm³/mol. The highest BCUT2D eigenvalue weighted by Crippen LogP contribution is 2.28. The molecule has 1 fully saturated rings. The van der Waals surface area contributed by atoms with E-state index >= 15 is 0 Å². The normalized spacial score (nSPS) is 17.7. The molecule has 2 N–H and O–H groups in total. The molecule has 17 heavy (non-hydrogen) atoms. The number of Topliss-reactive ketones (excluding diaryl/α,β-unsaturated/α-hetero) is 1. The molecule has 5 nitrogen and oxygen atoms in total. The van der Waals surface area contributed by atoms with Crippen LogP contribution in [0.25, 0.3) is 0 Å². The Labute approximate surface area is 99.1 Å². The molecule has 0 unspecified atom stereocenters. The fourth-order valence-corrected chi connectivity index (χ4v) is 2.06. The van der Waals surface area contributed by atoms with Gasteiger partial charge in [-0.05, 0) is 19.8 Å². The fraction of sp³-hybridized carbons (Fsp3) is 0.583. The zero-order valence-electron chi connectivity index (χ0n) is 9.73. The highest BCUT2D eigenvalue weighted by molar-refractivity contribution is 6.02. The fourth-order valence-electron chi connectivity index (χ4n) is 2.06. The van der Waals surface area contributed by atoms with Crippen molar-refractivity contribution in [3.8, 4) is 0 Å². The first-order valence-corrected chi connectivity index (χ1v) is 5.62. The van der Waals surface area contributed by atoms with Crippen LogP contribution >= 0.6 is 0 Å². The molecule has 1 aliphatic rings. The van der Waals surface area contributed by atoms with E-state index in [-0.39, 0.29) is 29.3 Å². The van der Waals surface area contributed by atoms with Gasteiger partial charge in [-0.1, -0.05) is 12.8 Å². The van der Waals surface area contributed by atoms with Gasteiger partial charge in [0.1, 0.15) is 5.78 Å². The number of hydrogen-bond acceptors (Lipinski definition) is 3. The van der Waals surface area contributed by atoms with Crippen molar-refractivity contribution >= 4 is 17.7 Å². The first-order valence-electron chi connectivity index (χ1n) is 5.62. The van der Waals surface area contributed by atoms with Gasteiger partial charge < -0.3 is 10.2 Å². The summed E-state index contributed by atoms with van der Waals surface area (Å²) in [5, 5.41) is 17.7. The molecule has 1 aliphatic carbocycles. The van der Waals surface area contributed by atoms with Gasteiger partial charge in [0, 0.05) is 17.9 Å². The quantitative estimate of drug-likeness (QED) is 0.712. The standard InChI is InChI=1S/C12H16O5/c1-7(11(14)15)9(12(16)17)6-10(13)8-4-2-3-5-8/h8H,2-6H2,1H3,(H,14,15)(H,16,17)/b9-7+. The van der Waals surface area contributed by atoms with Crippen LogP contribution in [0.15, 0.2) is 11.1 Å². The molecule has 0 saturated heterocycles. The first-order chi connectivity index (χ1) is 7.93. The molecule has 0 atom stereocenters. The van der Waals surface area contributed by atoms with Crippen molar-refractivity contribution in [3.05, 3.63) is 11.1 Å². The van der Waals surface area contributed by atoms with Crippen LogP contribution in [0.4, 0.5) is 0 Å². The third-order valence-corrected chi connectivity index (χ3v) is 3.19. The first kappa shape index (κ1) is 13.4. The summed E-state index contributed by atoms with van der Waals surface area (Å²) in [5.74, 6) is -2.86. The Morgan fingerprint density at radius 3 is 2.00 bits per heavy atom. The van der Waals surface area contributed by atoms with E-state index in [4.69, 9.17) is 10.2 Å².